The Morgan fingerprint density at radius 2 is 1.83 bits per heavy atom. The summed E-state index contributed by atoms with van der Waals surface area (Å²) >= 11 is 0. The average molecular weight is 537 g/mol. The molecule has 0 fully saturated rings. The molecule has 1 unspecified atom stereocenters. The van der Waals surface area contributed by atoms with E-state index >= 15 is 0 Å². The Kier molecular flexibility index (Phi) is 9.48. The largest absolute Gasteiger partial charge is 0.435 e. The smallest absolute Gasteiger partial charge is 0.423 e. The van der Waals surface area contributed by atoms with Crippen LogP contribution in [-0.2, 0) is 19.6 Å². The van der Waals surface area contributed by atoms with Gasteiger partial charge in [-0.3, -0.25) is 9.59 Å². The zero-order valence-corrected chi connectivity index (χ0v) is 20.3. The first kappa shape index (κ1) is 29.1. The molecule has 36 heavy (non-hydrogen) atoms. The van der Waals surface area contributed by atoms with Crippen LogP contribution in [0.3, 0.4) is 0 Å². The van der Waals surface area contributed by atoms with Gasteiger partial charge in [-0.1, -0.05) is 44.2 Å². The Morgan fingerprint density at radius 1 is 1.19 bits per heavy atom. The molecule has 0 saturated heterocycles. The van der Waals surface area contributed by atoms with Crippen LogP contribution in [0.25, 0.3) is 5.57 Å². The lowest BCUT2D eigenvalue weighted by molar-refractivity contribution is -0.180. The number of carbonyl (C=O) groups excluding carboxylic acids is 2. The second kappa shape index (κ2) is 11.7. The molecule has 198 valence electrons. The lowest BCUT2D eigenvalue weighted by Gasteiger charge is -2.37. The van der Waals surface area contributed by atoms with Gasteiger partial charge < -0.3 is 10.1 Å². The topological polar surface area (TPSA) is 102 Å². The molecule has 13 heteroatoms. The van der Waals surface area contributed by atoms with Gasteiger partial charge in [0.05, 0.1) is 6.26 Å². The van der Waals surface area contributed by atoms with E-state index in [-0.39, 0.29) is 17.7 Å². The van der Waals surface area contributed by atoms with Crippen LogP contribution >= 0.6 is 0 Å². The molecular formula is C23H25F5N2O5S. The van der Waals surface area contributed by atoms with Gasteiger partial charge in [0.2, 0.25) is 15.6 Å². The van der Waals surface area contributed by atoms with Crippen LogP contribution in [0.2, 0.25) is 0 Å². The Bertz CT molecular complexity index is 1170. The molecule has 1 aromatic carbocycles. The summed E-state index contributed by atoms with van der Waals surface area (Å²) in [5, 5.41) is 1.75. The van der Waals surface area contributed by atoms with Gasteiger partial charge in [0, 0.05) is 12.8 Å². The third kappa shape index (κ3) is 7.68. The number of unbranched alkanes of at least 4 members (excludes halogenated alkanes) is 4. The summed E-state index contributed by atoms with van der Waals surface area (Å²) in [6.07, 6.45) is -2.18. The zero-order chi connectivity index (χ0) is 27.1. The highest BCUT2D eigenvalue weighted by Gasteiger charge is 2.58. The molecule has 0 aliphatic carbocycles. The second-order valence-electron chi connectivity index (χ2n) is 8.11. The van der Waals surface area contributed by atoms with Gasteiger partial charge in [0.1, 0.15) is 11.3 Å². The van der Waals surface area contributed by atoms with E-state index in [1.807, 2.05) is 6.92 Å². The molecule has 1 aliphatic rings. The summed E-state index contributed by atoms with van der Waals surface area (Å²) in [5.74, 6) is 1.33. The fourth-order valence-corrected chi connectivity index (χ4v) is 3.94. The number of alkyl halides is 5. The van der Waals surface area contributed by atoms with E-state index in [0.29, 0.717) is 12.7 Å². The minimum absolute atomic E-state index is 0.108. The van der Waals surface area contributed by atoms with E-state index < -0.39 is 57.7 Å². The first-order chi connectivity index (χ1) is 16.7. The molecule has 1 aliphatic heterocycles. The van der Waals surface area contributed by atoms with Crippen molar-refractivity contribution in [2.45, 2.75) is 63.8 Å². The van der Waals surface area contributed by atoms with E-state index in [2.05, 4.69) is 16.6 Å². The van der Waals surface area contributed by atoms with Crippen molar-refractivity contribution in [3.63, 3.8) is 0 Å². The average Bonchev–Trinajstić information content (AvgIpc) is 2.73. The molecule has 0 spiro atoms. The molecule has 1 heterocycles. The molecule has 0 aromatic heterocycles. The molecule has 0 radical (unpaired) electrons. The van der Waals surface area contributed by atoms with Crippen molar-refractivity contribution in [3.8, 4) is 17.6 Å². The van der Waals surface area contributed by atoms with Crippen LogP contribution in [0.1, 0.15) is 51.0 Å². The molecule has 7 nitrogen and oxygen atoms in total. The van der Waals surface area contributed by atoms with Crippen LogP contribution < -0.4 is 14.8 Å². The third-order valence-electron chi connectivity index (χ3n) is 5.17. The van der Waals surface area contributed by atoms with E-state index in [1.54, 1.807) is 10.0 Å². The number of amides is 2. The van der Waals surface area contributed by atoms with E-state index in [4.69, 9.17) is 0 Å². The van der Waals surface area contributed by atoms with Crippen LogP contribution in [0.4, 0.5) is 22.0 Å². The maximum Gasteiger partial charge on any atom is 0.423 e. The number of hydrogen-bond donors (Lipinski definition) is 2. The first-order valence-electron chi connectivity index (χ1n) is 10.9. The maximum absolute atomic E-state index is 14.3. The second-order valence-corrected chi connectivity index (χ2v) is 9.85. The number of nitrogens with one attached hydrogen (secondary N) is 2. The number of ether oxygens (including phenoxy) is 1. The van der Waals surface area contributed by atoms with Gasteiger partial charge in [-0.15, -0.1) is 5.92 Å². The van der Waals surface area contributed by atoms with Crippen molar-refractivity contribution < 1.29 is 44.7 Å². The molecule has 1 aromatic rings. The minimum Gasteiger partial charge on any atom is -0.435 e. The molecule has 0 bridgehead atoms. The molecule has 2 N–H and O–H groups in total. The predicted octanol–water partition coefficient (Wildman–Crippen LogP) is 3.91. The van der Waals surface area contributed by atoms with Gasteiger partial charge >= 0.3 is 12.8 Å². The van der Waals surface area contributed by atoms with E-state index in [1.165, 1.54) is 0 Å². The fourth-order valence-electron chi connectivity index (χ4n) is 3.51. The van der Waals surface area contributed by atoms with Crippen LogP contribution in [-0.4, -0.2) is 44.8 Å². The lowest BCUT2D eigenvalue weighted by Crippen LogP contribution is -2.61. The van der Waals surface area contributed by atoms with Gasteiger partial charge in [0.25, 0.3) is 11.8 Å². The standard InChI is InChI=1S/C23H25F5N2O5S/c1-3-4-5-6-7-8-13-22(23(26,27)28)14-17(15-9-11-16(12-10-15)35-21(24)25)18(19(31)29-22)20(32)30-36(2,33)34/h9-12,21H,3-7,14H2,1-2H3,(H,29,31)(H,30,32). The van der Waals surface area contributed by atoms with Gasteiger partial charge in [-0.2, -0.15) is 22.0 Å². The lowest BCUT2D eigenvalue weighted by atomic mass is 9.80. The van der Waals surface area contributed by atoms with Gasteiger partial charge in [-0.05, 0) is 29.7 Å². The highest BCUT2D eigenvalue weighted by molar-refractivity contribution is 7.89. The number of rotatable bonds is 9. The summed E-state index contributed by atoms with van der Waals surface area (Å²) in [7, 11) is -4.17. The summed E-state index contributed by atoms with van der Waals surface area (Å²) in [5.41, 5.74) is -4.49. The van der Waals surface area contributed by atoms with Crippen LogP contribution in [0, 0.1) is 11.8 Å². The highest BCUT2D eigenvalue weighted by Crippen LogP contribution is 2.42. The number of hydrogen-bond acceptors (Lipinski definition) is 5. The molecule has 2 rings (SSSR count). The number of benzene rings is 1. The van der Waals surface area contributed by atoms with Crippen LogP contribution in [0.15, 0.2) is 29.8 Å². The van der Waals surface area contributed by atoms with Crippen molar-refractivity contribution in [1.82, 2.24) is 10.0 Å². The number of sulfonamides is 1. The van der Waals surface area contributed by atoms with Gasteiger partial charge in [0.15, 0.2) is 0 Å². The molecule has 0 saturated carbocycles. The molecular weight excluding hydrogens is 511 g/mol. The summed E-state index contributed by atoms with van der Waals surface area (Å²) in [6.45, 7) is -1.18. The Labute approximate surface area is 205 Å². The third-order valence-corrected chi connectivity index (χ3v) is 5.73. The van der Waals surface area contributed by atoms with Crippen molar-refractivity contribution >= 4 is 27.4 Å². The van der Waals surface area contributed by atoms with Crippen molar-refractivity contribution in [1.29, 1.82) is 0 Å². The molecule has 1 atom stereocenters. The summed E-state index contributed by atoms with van der Waals surface area (Å²) in [4.78, 5) is 25.4. The SMILES string of the molecule is CCCCCCC#CC1(C(F)(F)F)CC(c2ccc(OC(F)F)cc2)=C(C(=O)NS(C)(=O)=O)C(=O)N1. The number of carbonyl (C=O) groups is 2. The first-order valence-corrected chi connectivity index (χ1v) is 12.8. The van der Waals surface area contributed by atoms with Crippen molar-refractivity contribution in [3.05, 3.63) is 35.4 Å². The van der Waals surface area contributed by atoms with Gasteiger partial charge in [-0.25, -0.2) is 13.1 Å². The fraction of sp³-hybridized carbons (Fsp3) is 0.478. The van der Waals surface area contributed by atoms with Crippen LogP contribution in [0.5, 0.6) is 5.75 Å². The normalized spacial score (nSPS) is 18.4. The minimum atomic E-state index is -5.07. The van der Waals surface area contributed by atoms with Crippen molar-refractivity contribution in [2.75, 3.05) is 6.26 Å². The van der Waals surface area contributed by atoms with E-state index in [0.717, 1.165) is 43.5 Å². The monoisotopic (exact) mass is 536 g/mol. The summed E-state index contributed by atoms with van der Waals surface area (Å²) in [6, 6.07) is 4.20. The molecule has 2 amide bonds. The quantitative estimate of drug-likeness (QED) is 0.216. The predicted molar refractivity (Wildman–Crippen MR) is 121 cm³/mol. The van der Waals surface area contributed by atoms with E-state index in [9.17, 15) is 40.0 Å². The van der Waals surface area contributed by atoms with Crippen molar-refractivity contribution in [2.24, 2.45) is 0 Å². The Hall–Kier alpha value is -3.14. The zero-order valence-electron chi connectivity index (χ0n) is 19.5. The Morgan fingerprint density at radius 3 is 2.36 bits per heavy atom. The highest BCUT2D eigenvalue weighted by atomic mass is 32.2. The Balaban J connectivity index is 2.59. The maximum atomic E-state index is 14.3. The number of halogens is 5. The summed E-state index contributed by atoms with van der Waals surface area (Å²) < 4.78 is 96.6.